The zero-order chi connectivity index (χ0) is 14.9. The van der Waals surface area contributed by atoms with Gasteiger partial charge in [-0.05, 0) is 37.8 Å². The van der Waals surface area contributed by atoms with Crippen LogP contribution in [0.1, 0.15) is 25.7 Å². The molecule has 1 aromatic carbocycles. The Balaban J connectivity index is 1.33. The van der Waals surface area contributed by atoms with E-state index in [9.17, 15) is 4.79 Å². The van der Waals surface area contributed by atoms with Gasteiger partial charge in [0.05, 0.1) is 5.52 Å². The molecule has 2 aliphatic rings. The second kappa shape index (κ2) is 5.68. The summed E-state index contributed by atoms with van der Waals surface area (Å²) >= 11 is 0. The summed E-state index contributed by atoms with van der Waals surface area (Å²) in [5.41, 5.74) is 1.73. The lowest BCUT2D eigenvalue weighted by Gasteiger charge is -2.32. The molecule has 1 saturated carbocycles. The number of likely N-dealkylation sites (tertiary alicyclic amines) is 1. The molecule has 116 valence electrons. The standard InChI is InChI=1S/C16H21N5O/c22-16(11-21-15-4-2-1-3-14(15)18-19-21)17-12-7-9-20(10-8-12)13-5-6-13/h1-4,12-13H,5-11H2,(H,17,22). The van der Waals surface area contributed by atoms with Gasteiger partial charge in [0.2, 0.25) is 5.91 Å². The van der Waals surface area contributed by atoms with E-state index in [1.807, 2.05) is 24.3 Å². The van der Waals surface area contributed by atoms with Crippen molar-refractivity contribution >= 4 is 16.9 Å². The molecule has 0 spiro atoms. The highest BCUT2D eigenvalue weighted by atomic mass is 16.2. The number of nitrogens with zero attached hydrogens (tertiary/aromatic N) is 4. The van der Waals surface area contributed by atoms with Crippen molar-refractivity contribution in [3.63, 3.8) is 0 Å². The summed E-state index contributed by atoms with van der Waals surface area (Å²) in [5, 5.41) is 11.3. The summed E-state index contributed by atoms with van der Waals surface area (Å²) in [7, 11) is 0. The fourth-order valence-electron chi connectivity index (χ4n) is 3.29. The van der Waals surface area contributed by atoms with Gasteiger partial charge in [-0.2, -0.15) is 0 Å². The first-order valence-corrected chi connectivity index (χ1v) is 8.11. The Morgan fingerprint density at radius 2 is 1.95 bits per heavy atom. The SMILES string of the molecule is O=C(Cn1nnc2ccccc21)NC1CCN(C2CC2)CC1. The number of carbonyl (C=O) groups is 1. The van der Waals surface area contributed by atoms with Crippen LogP contribution in [0, 0.1) is 0 Å². The molecule has 0 bridgehead atoms. The minimum atomic E-state index is 0.0283. The number of benzene rings is 1. The van der Waals surface area contributed by atoms with Gasteiger partial charge >= 0.3 is 0 Å². The van der Waals surface area contributed by atoms with Crippen LogP contribution in [-0.4, -0.2) is 51.0 Å². The molecule has 6 heteroatoms. The summed E-state index contributed by atoms with van der Waals surface area (Å²) in [5.74, 6) is 0.0283. The summed E-state index contributed by atoms with van der Waals surface area (Å²) in [4.78, 5) is 14.8. The molecule has 1 aliphatic heterocycles. The summed E-state index contributed by atoms with van der Waals surface area (Å²) in [6.45, 7) is 2.47. The Kier molecular flexibility index (Phi) is 3.54. The Bertz CT molecular complexity index is 670. The number of piperidine rings is 1. The van der Waals surface area contributed by atoms with E-state index in [0.29, 0.717) is 6.04 Å². The maximum absolute atomic E-state index is 12.2. The van der Waals surface area contributed by atoms with Crippen molar-refractivity contribution in [3.8, 4) is 0 Å². The molecule has 1 amide bonds. The topological polar surface area (TPSA) is 63.1 Å². The van der Waals surface area contributed by atoms with E-state index in [1.165, 1.54) is 12.8 Å². The summed E-state index contributed by atoms with van der Waals surface area (Å²) in [6.07, 6.45) is 4.83. The largest absolute Gasteiger partial charge is 0.352 e. The molecule has 4 rings (SSSR count). The van der Waals surface area contributed by atoms with E-state index < -0.39 is 0 Å². The molecule has 1 aliphatic carbocycles. The van der Waals surface area contributed by atoms with Crippen molar-refractivity contribution in [1.29, 1.82) is 0 Å². The average molecular weight is 299 g/mol. The van der Waals surface area contributed by atoms with Crippen LogP contribution in [0.2, 0.25) is 0 Å². The number of amides is 1. The van der Waals surface area contributed by atoms with Crippen LogP contribution in [0.3, 0.4) is 0 Å². The third-order valence-corrected chi connectivity index (χ3v) is 4.67. The van der Waals surface area contributed by atoms with Crippen molar-refractivity contribution in [3.05, 3.63) is 24.3 Å². The molecule has 1 N–H and O–H groups in total. The second-order valence-corrected chi connectivity index (χ2v) is 6.34. The maximum atomic E-state index is 12.2. The molecule has 2 heterocycles. The fourth-order valence-corrected chi connectivity index (χ4v) is 3.29. The maximum Gasteiger partial charge on any atom is 0.242 e. The minimum absolute atomic E-state index is 0.0283. The molecule has 2 fully saturated rings. The molecule has 2 aromatic rings. The molecular weight excluding hydrogens is 278 g/mol. The number of para-hydroxylation sites is 1. The molecule has 6 nitrogen and oxygen atoms in total. The van der Waals surface area contributed by atoms with E-state index >= 15 is 0 Å². The number of aromatic nitrogens is 3. The lowest BCUT2D eigenvalue weighted by molar-refractivity contribution is -0.122. The van der Waals surface area contributed by atoms with Gasteiger partial charge in [-0.25, -0.2) is 4.68 Å². The van der Waals surface area contributed by atoms with Crippen molar-refractivity contribution < 1.29 is 4.79 Å². The van der Waals surface area contributed by atoms with Crippen molar-refractivity contribution in [2.75, 3.05) is 13.1 Å². The highest BCUT2D eigenvalue weighted by Gasteiger charge is 2.32. The first-order valence-electron chi connectivity index (χ1n) is 8.11. The molecule has 22 heavy (non-hydrogen) atoms. The number of rotatable bonds is 4. The highest BCUT2D eigenvalue weighted by molar-refractivity contribution is 5.79. The van der Waals surface area contributed by atoms with Gasteiger partial charge in [-0.1, -0.05) is 17.3 Å². The molecular formula is C16H21N5O. The quantitative estimate of drug-likeness (QED) is 0.920. The number of hydrogen-bond acceptors (Lipinski definition) is 4. The molecule has 1 saturated heterocycles. The van der Waals surface area contributed by atoms with Crippen LogP contribution >= 0.6 is 0 Å². The number of fused-ring (bicyclic) bond motifs is 1. The van der Waals surface area contributed by atoms with Crippen LogP contribution in [0.4, 0.5) is 0 Å². The molecule has 0 atom stereocenters. The highest BCUT2D eigenvalue weighted by Crippen LogP contribution is 2.29. The van der Waals surface area contributed by atoms with Crippen molar-refractivity contribution in [1.82, 2.24) is 25.2 Å². The summed E-state index contributed by atoms with van der Waals surface area (Å²) in [6, 6.07) is 8.85. The van der Waals surface area contributed by atoms with Gasteiger partial charge in [-0.15, -0.1) is 5.10 Å². The van der Waals surface area contributed by atoms with Gasteiger partial charge in [0.1, 0.15) is 12.1 Å². The molecule has 1 aromatic heterocycles. The van der Waals surface area contributed by atoms with Crippen molar-refractivity contribution in [2.45, 2.75) is 44.3 Å². The second-order valence-electron chi connectivity index (χ2n) is 6.34. The van der Waals surface area contributed by atoms with E-state index in [4.69, 9.17) is 0 Å². The van der Waals surface area contributed by atoms with E-state index in [0.717, 1.165) is 43.0 Å². The Labute approximate surface area is 129 Å². The van der Waals surface area contributed by atoms with Crippen LogP contribution in [-0.2, 0) is 11.3 Å². The lowest BCUT2D eigenvalue weighted by Crippen LogP contribution is -2.46. The van der Waals surface area contributed by atoms with E-state index in [2.05, 4.69) is 20.5 Å². The predicted molar refractivity (Wildman–Crippen MR) is 83.3 cm³/mol. The zero-order valence-corrected chi connectivity index (χ0v) is 12.6. The fraction of sp³-hybridized carbons (Fsp3) is 0.562. The van der Waals surface area contributed by atoms with Gasteiger partial charge in [0.15, 0.2) is 0 Å². The Morgan fingerprint density at radius 1 is 1.18 bits per heavy atom. The first kappa shape index (κ1) is 13.7. The third kappa shape index (κ3) is 2.83. The van der Waals surface area contributed by atoms with Gasteiger partial charge in [-0.3, -0.25) is 4.79 Å². The lowest BCUT2D eigenvalue weighted by atomic mass is 10.0. The van der Waals surface area contributed by atoms with Gasteiger partial charge in [0.25, 0.3) is 0 Å². The van der Waals surface area contributed by atoms with Gasteiger partial charge < -0.3 is 10.2 Å². The molecule has 0 unspecified atom stereocenters. The predicted octanol–water partition coefficient (Wildman–Crippen LogP) is 1.17. The molecule has 0 radical (unpaired) electrons. The van der Waals surface area contributed by atoms with E-state index in [-0.39, 0.29) is 12.5 Å². The van der Waals surface area contributed by atoms with Crippen LogP contribution in [0.5, 0.6) is 0 Å². The number of carbonyl (C=O) groups excluding carboxylic acids is 1. The Morgan fingerprint density at radius 3 is 2.73 bits per heavy atom. The summed E-state index contributed by atoms with van der Waals surface area (Å²) < 4.78 is 1.67. The first-order chi connectivity index (χ1) is 10.8. The third-order valence-electron chi connectivity index (χ3n) is 4.67. The van der Waals surface area contributed by atoms with Crippen LogP contribution in [0.25, 0.3) is 11.0 Å². The normalized spacial score (nSPS) is 20.4. The number of hydrogen-bond donors (Lipinski definition) is 1. The minimum Gasteiger partial charge on any atom is -0.352 e. The smallest absolute Gasteiger partial charge is 0.242 e. The van der Waals surface area contributed by atoms with E-state index in [1.54, 1.807) is 4.68 Å². The van der Waals surface area contributed by atoms with Crippen molar-refractivity contribution in [2.24, 2.45) is 0 Å². The average Bonchev–Trinajstić information content (AvgIpc) is 3.31. The van der Waals surface area contributed by atoms with Crippen LogP contribution in [0.15, 0.2) is 24.3 Å². The van der Waals surface area contributed by atoms with Gasteiger partial charge in [0, 0.05) is 25.2 Å². The monoisotopic (exact) mass is 299 g/mol. The Hall–Kier alpha value is -1.95. The van der Waals surface area contributed by atoms with Crippen LogP contribution < -0.4 is 5.32 Å². The number of nitrogens with one attached hydrogen (secondary N) is 1. The zero-order valence-electron chi connectivity index (χ0n) is 12.6.